The van der Waals surface area contributed by atoms with Crippen molar-refractivity contribution in [3.05, 3.63) is 34.6 Å². The highest BCUT2D eigenvalue weighted by atomic mass is 35.5. The lowest BCUT2D eigenvalue weighted by Gasteiger charge is -2.26. The number of benzene rings is 1. The number of hydrogen-bond donors (Lipinski definition) is 1. The first kappa shape index (κ1) is 17.3. The molecule has 0 saturated carbocycles. The van der Waals surface area contributed by atoms with Gasteiger partial charge in [-0.2, -0.15) is 22.0 Å². The Balaban J connectivity index is 0.00000289. The third-order valence-corrected chi connectivity index (χ3v) is 2.38. The van der Waals surface area contributed by atoms with Crippen LogP contribution in [-0.4, -0.2) is 12.1 Å². The summed E-state index contributed by atoms with van der Waals surface area (Å²) in [5.41, 5.74) is 3.77. The Bertz CT molecular complexity index is 420. The van der Waals surface area contributed by atoms with Crippen LogP contribution >= 0.6 is 24.0 Å². The third kappa shape index (κ3) is 3.02. The van der Waals surface area contributed by atoms with E-state index in [0.717, 1.165) is 18.2 Å². The Morgan fingerprint density at radius 2 is 1.61 bits per heavy atom. The van der Waals surface area contributed by atoms with Crippen LogP contribution in [0.15, 0.2) is 18.2 Å². The Kier molecular flexibility index (Phi) is 5.34. The van der Waals surface area contributed by atoms with Crippen molar-refractivity contribution in [3.8, 4) is 0 Å². The predicted octanol–water partition coefficient (Wildman–Crippen LogP) is 4.10. The first-order valence-corrected chi connectivity index (χ1v) is 4.61. The Labute approximate surface area is 109 Å². The maximum atomic E-state index is 13.3. The highest BCUT2D eigenvalue weighted by Crippen LogP contribution is 2.44. The van der Waals surface area contributed by atoms with E-state index < -0.39 is 34.5 Å². The fourth-order valence-corrected chi connectivity index (χ4v) is 1.31. The van der Waals surface area contributed by atoms with Crippen molar-refractivity contribution in [3.63, 3.8) is 0 Å². The lowest BCUT2D eigenvalue weighted by Crippen LogP contribution is -2.46. The molecule has 0 aliphatic rings. The minimum atomic E-state index is -5.86. The van der Waals surface area contributed by atoms with Crippen molar-refractivity contribution in [2.24, 2.45) is 5.73 Å². The molecule has 0 fully saturated rings. The highest BCUT2D eigenvalue weighted by Gasteiger charge is 2.62. The van der Waals surface area contributed by atoms with Crippen LogP contribution in [-0.2, 0) is 0 Å². The molecule has 0 saturated heterocycles. The summed E-state index contributed by atoms with van der Waals surface area (Å²) in [4.78, 5) is 0. The summed E-state index contributed by atoms with van der Waals surface area (Å²) >= 11 is 5.27. The van der Waals surface area contributed by atoms with Crippen molar-refractivity contribution < 1.29 is 26.3 Å². The fraction of sp³-hybridized carbons (Fsp3) is 0.333. The van der Waals surface area contributed by atoms with Crippen molar-refractivity contribution in [2.75, 3.05) is 0 Å². The normalized spacial score (nSPS) is 14.0. The zero-order valence-electron chi connectivity index (χ0n) is 8.44. The van der Waals surface area contributed by atoms with Crippen molar-refractivity contribution in [1.29, 1.82) is 0 Å². The SMILES string of the molecule is Cl.N[C@@H](c1cccc(Cl)c1F)C(F)(F)C(F)(F)F. The van der Waals surface area contributed by atoms with Gasteiger partial charge in [0.15, 0.2) is 0 Å². The van der Waals surface area contributed by atoms with Gasteiger partial charge in [0.1, 0.15) is 11.9 Å². The summed E-state index contributed by atoms with van der Waals surface area (Å²) in [6, 6.07) is -0.0709. The molecular formula is C9H7Cl2F6N. The molecule has 1 rings (SSSR count). The monoisotopic (exact) mass is 313 g/mol. The van der Waals surface area contributed by atoms with E-state index in [1.54, 1.807) is 0 Å². The molecule has 0 unspecified atom stereocenters. The summed E-state index contributed by atoms with van der Waals surface area (Å²) in [6.07, 6.45) is -5.86. The molecule has 0 heterocycles. The summed E-state index contributed by atoms with van der Waals surface area (Å²) in [6.45, 7) is 0. The van der Waals surface area contributed by atoms with Crippen molar-refractivity contribution in [2.45, 2.75) is 18.1 Å². The molecule has 0 radical (unpaired) electrons. The van der Waals surface area contributed by atoms with Gasteiger partial charge < -0.3 is 5.73 Å². The van der Waals surface area contributed by atoms with E-state index in [1.165, 1.54) is 0 Å². The van der Waals surface area contributed by atoms with Crippen LogP contribution in [0.25, 0.3) is 0 Å². The maximum absolute atomic E-state index is 13.3. The molecule has 0 aliphatic heterocycles. The zero-order chi connectivity index (χ0) is 13.4. The van der Waals surface area contributed by atoms with Crippen LogP contribution < -0.4 is 5.73 Å². The molecule has 0 aromatic heterocycles. The molecule has 9 heteroatoms. The van der Waals surface area contributed by atoms with Gasteiger partial charge in [-0.15, -0.1) is 12.4 Å². The summed E-state index contributed by atoms with van der Waals surface area (Å²) in [5, 5.41) is -0.573. The summed E-state index contributed by atoms with van der Waals surface area (Å²) < 4.78 is 75.0. The fourth-order valence-electron chi connectivity index (χ4n) is 1.13. The van der Waals surface area contributed by atoms with Crippen molar-refractivity contribution >= 4 is 24.0 Å². The number of rotatable bonds is 2. The van der Waals surface area contributed by atoms with Gasteiger partial charge in [0.25, 0.3) is 0 Å². The molecule has 1 nitrogen and oxygen atoms in total. The highest BCUT2D eigenvalue weighted by molar-refractivity contribution is 6.30. The first-order valence-electron chi connectivity index (χ1n) is 4.23. The second-order valence-electron chi connectivity index (χ2n) is 3.24. The van der Waals surface area contributed by atoms with E-state index in [2.05, 4.69) is 0 Å². The number of nitrogens with two attached hydrogens (primary N) is 1. The maximum Gasteiger partial charge on any atom is 0.455 e. The van der Waals surface area contributed by atoms with Crippen molar-refractivity contribution in [1.82, 2.24) is 0 Å². The van der Waals surface area contributed by atoms with Gasteiger partial charge in [-0.25, -0.2) is 4.39 Å². The third-order valence-electron chi connectivity index (χ3n) is 2.09. The Morgan fingerprint density at radius 3 is 2.06 bits per heavy atom. The average Bonchev–Trinajstić information content (AvgIpc) is 2.19. The van der Waals surface area contributed by atoms with Crippen LogP contribution in [0.3, 0.4) is 0 Å². The van der Waals surface area contributed by atoms with Crippen LogP contribution in [0.5, 0.6) is 0 Å². The molecule has 0 amide bonds. The van der Waals surface area contributed by atoms with E-state index >= 15 is 0 Å². The average molecular weight is 314 g/mol. The van der Waals surface area contributed by atoms with Gasteiger partial charge in [-0.05, 0) is 6.07 Å². The van der Waals surface area contributed by atoms with Crippen LogP contribution in [0, 0.1) is 5.82 Å². The lowest BCUT2D eigenvalue weighted by atomic mass is 10.0. The molecule has 1 atom stereocenters. The minimum Gasteiger partial charge on any atom is -0.319 e. The van der Waals surface area contributed by atoms with Crippen LogP contribution in [0.4, 0.5) is 26.3 Å². The largest absolute Gasteiger partial charge is 0.455 e. The number of alkyl halides is 5. The van der Waals surface area contributed by atoms with E-state index in [1.807, 2.05) is 0 Å². The second kappa shape index (κ2) is 5.54. The molecule has 1 aromatic carbocycles. The van der Waals surface area contributed by atoms with Gasteiger partial charge in [0.05, 0.1) is 5.02 Å². The topological polar surface area (TPSA) is 26.0 Å². The van der Waals surface area contributed by atoms with E-state index in [-0.39, 0.29) is 12.4 Å². The predicted molar refractivity (Wildman–Crippen MR) is 56.6 cm³/mol. The second-order valence-corrected chi connectivity index (χ2v) is 3.65. The molecule has 0 bridgehead atoms. The van der Waals surface area contributed by atoms with Gasteiger partial charge in [0.2, 0.25) is 0 Å². The smallest absolute Gasteiger partial charge is 0.319 e. The van der Waals surface area contributed by atoms with Gasteiger partial charge in [-0.3, -0.25) is 0 Å². The molecular weight excluding hydrogens is 307 g/mol. The quantitative estimate of drug-likeness (QED) is 0.817. The Hall–Kier alpha value is -0.660. The summed E-state index contributed by atoms with van der Waals surface area (Å²) in [5.74, 6) is -6.62. The minimum absolute atomic E-state index is 0. The van der Waals surface area contributed by atoms with E-state index in [9.17, 15) is 26.3 Å². The lowest BCUT2D eigenvalue weighted by molar-refractivity contribution is -0.291. The molecule has 1 aromatic rings. The summed E-state index contributed by atoms with van der Waals surface area (Å²) in [7, 11) is 0. The van der Waals surface area contributed by atoms with Crippen LogP contribution in [0.2, 0.25) is 5.02 Å². The molecule has 2 N–H and O–H groups in total. The molecule has 0 spiro atoms. The first-order chi connectivity index (χ1) is 7.59. The molecule has 18 heavy (non-hydrogen) atoms. The van der Waals surface area contributed by atoms with Gasteiger partial charge in [-0.1, -0.05) is 23.7 Å². The molecule has 0 aliphatic carbocycles. The zero-order valence-corrected chi connectivity index (χ0v) is 10.0. The van der Waals surface area contributed by atoms with Gasteiger partial charge >= 0.3 is 12.1 Å². The van der Waals surface area contributed by atoms with Crippen LogP contribution in [0.1, 0.15) is 11.6 Å². The van der Waals surface area contributed by atoms with E-state index in [0.29, 0.717) is 0 Å². The molecule has 104 valence electrons. The van der Waals surface area contributed by atoms with E-state index in [4.69, 9.17) is 17.3 Å². The van der Waals surface area contributed by atoms with Gasteiger partial charge in [0, 0.05) is 5.56 Å². The number of hydrogen-bond acceptors (Lipinski definition) is 1. The Morgan fingerprint density at radius 1 is 1.11 bits per heavy atom. The number of halogens is 8. The standard InChI is InChI=1S/C9H6ClF6N.ClH/c10-5-3-1-2-4(6(5)11)7(17)8(12,13)9(14,15)16;/h1-3,7H,17H2;1H/t7-;/m0./s1.